The lowest BCUT2D eigenvalue weighted by molar-refractivity contribution is -0.141. The Morgan fingerprint density at radius 3 is 2.72 bits per heavy atom. The fraction of sp³-hybridized carbons (Fsp3) is 0.381. The van der Waals surface area contributed by atoms with Crippen molar-refractivity contribution in [2.75, 3.05) is 32.1 Å². The highest BCUT2D eigenvalue weighted by Crippen LogP contribution is 2.40. The van der Waals surface area contributed by atoms with Gasteiger partial charge in [-0.05, 0) is 19.1 Å². The molecule has 0 radical (unpaired) electrons. The summed E-state index contributed by atoms with van der Waals surface area (Å²) in [5.74, 6) is -0.481. The Labute approximate surface area is 216 Å². The number of aryl methyl sites for hydroxylation is 1. The minimum Gasteiger partial charge on any atom is -0.481 e. The highest BCUT2D eigenvalue weighted by atomic mass is 35.5. The largest absolute Gasteiger partial charge is 0.481 e. The molecule has 1 atom stereocenters. The molecular formula is C21H19ClF3N7O2S2. The van der Waals surface area contributed by atoms with E-state index in [0.717, 1.165) is 43.5 Å². The van der Waals surface area contributed by atoms with Crippen molar-refractivity contribution >= 4 is 50.3 Å². The smallest absolute Gasteiger partial charge is 0.433 e. The third-order valence-electron chi connectivity index (χ3n) is 5.52. The number of hydrogen-bond acceptors (Lipinski definition) is 9. The summed E-state index contributed by atoms with van der Waals surface area (Å²) in [5, 5.41) is 5.74. The number of rotatable bonds is 5. The van der Waals surface area contributed by atoms with E-state index in [1.54, 1.807) is 15.6 Å². The predicted molar refractivity (Wildman–Crippen MR) is 129 cm³/mol. The van der Waals surface area contributed by atoms with Gasteiger partial charge in [0, 0.05) is 33.3 Å². The zero-order valence-electron chi connectivity index (χ0n) is 19.2. The van der Waals surface area contributed by atoms with E-state index in [-0.39, 0.29) is 11.7 Å². The lowest BCUT2D eigenvalue weighted by Crippen LogP contribution is -2.43. The molecule has 0 N–H and O–H groups in total. The Morgan fingerprint density at radius 1 is 1.28 bits per heavy atom. The van der Waals surface area contributed by atoms with Crippen LogP contribution in [0.3, 0.4) is 0 Å². The van der Waals surface area contributed by atoms with E-state index < -0.39 is 29.7 Å². The predicted octanol–water partition coefficient (Wildman–Crippen LogP) is 4.24. The molecule has 1 unspecified atom stereocenters. The third kappa shape index (κ3) is 4.48. The molecular weight excluding hydrogens is 539 g/mol. The first-order valence-corrected chi connectivity index (χ1v) is 12.7. The van der Waals surface area contributed by atoms with Gasteiger partial charge in [-0.2, -0.15) is 18.3 Å². The van der Waals surface area contributed by atoms with Gasteiger partial charge in [0.2, 0.25) is 4.96 Å². The number of carbonyl (C=O) groups excluding carboxylic acids is 1. The van der Waals surface area contributed by atoms with Gasteiger partial charge in [-0.25, -0.2) is 19.5 Å². The third-order valence-corrected chi connectivity index (χ3v) is 7.83. The van der Waals surface area contributed by atoms with Gasteiger partial charge in [-0.1, -0.05) is 34.3 Å². The normalized spacial score (nSPS) is 15.9. The van der Waals surface area contributed by atoms with Crippen molar-refractivity contribution in [1.29, 1.82) is 0 Å². The molecule has 0 aromatic carbocycles. The Morgan fingerprint density at radius 2 is 2.06 bits per heavy atom. The minimum atomic E-state index is -4.64. The summed E-state index contributed by atoms with van der Waals surface area (Å²) < 4.78 is 45.9. The minimum absolute atomic E-state index is 0.109. The lowest BCUT2D eigenvalue weighted by Gasteiger charge is -2.34. The van der Waals surface area contributed by atoms with Gasteiger partial charge in [-0.3, -0.25) is 4.79 Å². The highest BCUT2D eigenvalue weighted by molar-refractivity contribution is 7.16. The van der Waals surface area contributed by atoms with Crippen molar-refractivity contribution in [3.8, 4) is 5.75 Å². The van der Waals surface area contributed by atoms with Crippen LogP contribution in [0.2, 0.25) is 5.15 Å². The number of thiazole rings is 1. The molecule has 0 saturated heterocycles. The molecule has 0 bridgehead atoms. The van der Waals surface area contributed by atoms with Crippen LogP contribution in [0, 0.1) is 6.92 Å². The monoisotopic (exact) mass is 557 g/mol. The first-order chi connectivity index (χ1) is 17.0. The van der Waals surface area contributed by atoms with Gasteiger partial charge in [-0.15, -0.1) is 0 Å². The molecule has 1 aliphatic rings. The highest BCUT2D eigenvalue weighted by Gasteiger charge is 2.38. The van der Waals surface area contributed by atoms with Crippen molar-refractivity contribution in [3.05, 3.63) is 50.4 Å². The second kappa shape index (κ2) is 9.16. The van der Waals surface area contributed by atoms with Crippen molar-refractivity contribution in [2.45, 2.75) is 25.6 Å². The number of anilines is 1. The maximum absolute atomic E-state index is 13.4. The Hall–Kier alpha value is -2.97. The molecule has 15 heteroatoms. The van der Waals surface area contributed by atoms with Crippen molar-refractivity contribution in [3.63, 3.8) is 0 Å². The van der Waals surface area contributed by atoms with Crippen LogP contribution in [-0.4, -0.2) is 62.6 Å². The molecule has 1 aliphatic heterocycles. The summed E-state index contributed by atoms with van der Waals surface area (Å²) in [6.07, 6.45) is -2.38. The van der Waals surface area contributed by atoms with Gasteiger partial charge in [0.25, 0.3) is 5.91 Å². The van der Waals surface area contributed by atoms with Gasteiger partial charge in [0.05, 0.1) is 16.3 Å². The van der Waals surface area contributed by atoms with Crippen LogP contribution in [0.25, 0.3) is 4.96 Å². The molecule has 0 fully saturated rings. The van der Waals surface area contributed by atoms with Gasteiger partial charge < -0.3 is 14.5 Å². The fourth-order valence-electron chi connectivity index (χ4n) is 3.94. The number of ether oxygens (including phenoxy) is 1. The molecule has 4 aromatic heterocycles. The zero-order chi connectivity index (χ0) is 25.8. The number of amides is 1. The number of fused-ring (bicyclic) bond motifs is 3. The van der Waals surface area contributed by atoms with E-state index in [1.807, 2.05) is 25.9 Å². The van der Waals surface area contributed by atoms with E-state index in [9.17, 15) is 18.0 Å². The molecule has 190 valence electrons. The SMILES string of the molecule is Cc1nn2c3c(nc2s1)CCN(C(=O)COc1ccc(C(F)(F)F)nc1Cl)C3c1cnc(N(C)C)s1. The van der Waals surface area contributed by atoms with Crippen LogP contribution < -0.4 is 9.64 Å². The number of imidazole rings is 1. The first kappa shape index (κ1) is 24.7. The van der Waals surface area contributed by atoms with Crippen LogP contribution >= 0.6 is 34.3 Å². The van der Waals surface area contributed by atoms with E-state index in [0.29, 0.717) is 13.0 Å². The van der Waals surface area contributed by atoms with Crippen molar-refractivity contribution in [1.82, 2.24) is 29.5 Å². The Bertz CT molecular complexity index is 1450. The molecule has 0 saturated carbocycles. The Balaban J connectivity index is 1.45. The second-order valence-electron chi connectivity index (χ2n) is 8.21. The molecule has 5 rings (SSSR count). The molecule has 36 heavy (non-hydrogen) atoms. The maximum Gasteiger partial charge on any atom is 0.433 e. The number of nitrogens with zero attached hydrogens (tertiary/aromatic N) is 7. The summed E-state index contributed by atoms with van der Waals surface area (Å²) >= 11 is 8.80. The van der Waals surface area contributed by atoms with Crippen LogP contribution in [0.5, 0.6) is 5.75 Å². The molecule has 1 amide bonds. The van der Waals surface area contributed by atoms with Gasteiger partial charge in [0.1, 0.15) is 16.7 Å². The van der Waals surface area contributed by atoms with Crippen LogP contribution in [0.4, 0.5) is 18.3 Å². The van der Waals surface area contributed by atoms with Crippen LogP contribution in [0.15, 0.2) is 18.3 Å². The quantitative estimate of drug-likeness (QED) is 0.339. The summed E-state index contributed by atoms with van der Waals surface area (Å²) in [6.45, 7) is 1.83. The number of hydrogen-bond donors (Lipinski definition) is 0. The molecule has 0 spiro atoms. The number of pyridine rings is 1. The van der Waals surface area contributed by atoms with Crippen molar-refractivity contribution in [2.24, 2.45) is 0 Å². The van der Waals surface area contributed by atoms with E-state index >= 15 is 0 Å². The van der Waals surface area contributed by atoms with Crippen LogP contribution in [0.1, 0.15) is 33.0 Å². The number of halogens is 4. The number of alkyl halides is 3. The summed E-state index contributed by atoms with van der Waals surface area (Å²) in [7, 11) is 3.77. The second-order valence-corrected chi connectivity index (χ2v) is 10.8. The fourth-order valence-corrected chi connectivity index (χ4v) is 5.87. The van der Waals surface area contributed by atoms with Crippen molar-refractivity contribution < 1.29 is 22.7 Å². The Kier molecular flexibility index (Phi) is 6.29. The van der Waals surface area contributed by atoms with E-state index in [4.69, 9.17) is 21.3 Å². The van der Waals surface area contributed by atoms with E-state index in [1.165, 1.54) is 22.7 Å². The number of aromatic nitrogens is 5. The first-order valence-electron chi connectivity index (χ1n) is 10.7. The molecule has 0 aliphatic carbocycles. The summed E-state index contributed by atoms with van der Waals surface area (Å²) in [5.41, 5.74) is 0.510. The number of carbonyl (C=O) groups is 1. The van der Waals surface area contributed by atoms with E-state index in [2.05, 4.69) is 15.1 Å². The molecule has 9 nitrogen and oxygen atoms in total. The van der Waals surface area contributed by atoms with Gasteiger partial charge >= 0.3 is 6.18 Å². The molecule has 4 aromatic rings. The lowest BCUT2D eigenvalue weighted by atomic mass is 10.0. The standard InChI is InChI=1S/C21H19ClF3N7O2S2/c1-10-29-32-16-11(27-20(32)35-10)6-7-31(17(16)13-8-26-19(36-13)30(2)3)15(33)9-34-12-4-5-14(21(23,24)25)28-18(12)22/h4-5,8,17H,6-7,9H2,1-3H3. The topological polar surface area (TPSA) is 88.8 Å². The van der Waals surface area contributed by atoms with Crippen LogP contribution in [-0.2, 0) is 17.4 Å². The zero-order valence-corrected chi connectivity index (χ0v) is 21.6. The average molecular weight is 558 g/mol. The average Bonchev–Trinajstić information content (AvgIpc) is 3.51. The maximum atomic E-state index is 13.4. The molecule has 5 heterocycles. The van der Waals surface area contributed by atoms with Gasteiger partial charge in [0.15, 0.2) is 22.6 Å². The summed E-state index contributed by atoms with van der Waals surface area (Å²) in [6, 6.07) is 1.31. The summed E-state index contributed by atoms with van der Waals surface area (Å²) in [4.78, 5) is 31.0.